The molecule has 1 atom stereocenters. The zero-order valence-corrected chi connectivity index (χ0v) is 25.4. The molecule has 0 aliphatic carbocycles. The van der Waals surface area contributed by atoms with E-state index < -0.39 is 0 Å². The molecule has 40 heavy (non-hydrogen) atoms. The lowest BCUT2D eigenvalue weighted by atomic mass is 9.96. The Morgan fingerprint density at radius 3 is 2.27 bits per heavy atom. The first-order chi connectivity index (χ1) is 19.4. The summed E-state index contributed by atoms with van der Waals surface area (Å²) in [7, 11) is 0. The van der Waals surface area contributed by atoms with Gasteiger partial charge in [0.1, 0.15) is 11.5 Å². The van der Waals surface area contributed by atoms with Crippen LogP contribution in [0.1, 0.15) is 82.6 Å². The fourth-order valence-corrected chi connectivity index (χ4v) is 5.30. The molecule has 1 aliphatic heterocycles. The van der Waals surface area contributed by atoms with Crippen LogP contribution in [-0.2, 0) is 4.74 Å². The van der Waals surface area contributed by atoms with Gasteiger partial charge in [-0.2, -0.15) is 0 Å². The molecule has 0 bridgehead atoms. The third-order valence-corrected chi connectivity index (χ3v) is 8.37. The maximum absolute atomic E-state index is 6.03. The monoisotopic (exact) mass is 548 g/mol. The van der Waals surface area contributed by atoms with Gasteiger partial charge in [0.25, 0.3) is 5.88 Å². The van der Waals surface area contributed by atoms with Crippen molar-refractivity contribution in [2.75, 3.05) is 37.9 Å². The quantitative estimate of drug-likeness (QED) is 0.189. The van der Waals surface area contributed by atoms with Gasteiger partial charge in [0.2, 0.25) is 0 Å². The minimum atomic E-state index is 0.336. The van der Waals surface area contributed by atoms with Crippen LogP contribution in [0, 0.1) is 19.8 Å². The van der Waals surface area contributed by atoms with Crippen LogP contribution in [0.25, 0.3) is 11.1 Å². The van der Waals surface area contributed by atoms with Gasteiger partial charge in [-0.1, -0.05) is 39.0 Å². The lowest BCUT2D eigenvalue weighted by Crippen LogP contribution is -2.39. The predicted octanol–water partition coefficient (Wildman–Crippen LogP) is 8.35. The van der Waals surface area contributed by atoms with Crippen molar-refractivity contribution in [2.24, 2.45) is 5.92 Å². The van der Waals surface area contributed by atoms with Gasteiger partial charge in [0.15, 0.2) is 0 Å². The fourth-order valence-electron chi connectivity index (χ4n) is 5.30. The van der Waals surface area contributed by atoms with E-state index >= 15 is 0 Å². The Kier molecular flexibility index (Phi) is 10.9. The van der Waals surface area contributed by atoms with Crippen molar-refractivity contribution in [2.45, 2.75) is 85.6 Å². The predicted molar refractivity (Wildman–Crippen MR) is 163 cm³/mol. The Balaban J connectivity index is 1.24. The van der Waals surface area contributed by atoms with E-state index in [1.165, 1.54) is 27.9 Å². The van der Waals surface area contributed by atoms with Gasteiger partial charge in [-0.3, -0.25) is 0 Å². The standard InChI is InChI=1S/C34H48N2O4/c1-7-36(30-15-19-37-20-16-30)32-22-29(21-25(4)27(32)6)28-11-13-31(14-12-28)38-17-9-8-10-18-39-34-23-33(40-35-34)26(5)24(2)3/h11-14,21-24,26,30H,7-10,15-20H2,1-6H3. The molecule has 1 aromatic heterocycles. The summed E-state index contributed by atoms with van der Waals surface area (Å²) in [6, 6.07) is 15.7. The normalized spacial score (nSPS) is 14.9. The van der Waals surface area contributed by atoms with Gasteiger partial charge in [-0.25, -0.2) is 0 Å². The molecule has 3 aromatic rings. The highest BCUT2D eigenvalue weighted by Gasteiger charge is 2.23. The number of hydrogen-bond acceptors (Lipinski definition) is 6. The van der Waals surface area contributed by atoms with E-state index in [-0.39, 0.29) is 0 Å². The molecule has 1 saturated heterocycles. The van der Waals surface area contributed by atoms with Crippen LogP contribution >= 0.6 is 0 Å². The molecule has 2 heterocycles. The molecule has 218 valence electrons. The van der Waals surface area contributed by atoms with Gasteiger partial charge in [-0.15, -0.1) is 0 Å². The lowest BCUT2D eigenvalue weighted by Gasteiger charge is -2.37. The summed E-state index contributed by atoms with van der Waals surface area (Å²) >= 11 is 0. The smallest absolute Gasteiger partial charge is 0.254 e. The molecule has 0 spiro atoms. The average molecular weight is 549 g/mol. The van der Waals surface area contributed by atoms with Crippen molar-refractivity contribution < 1.29 is 18.7 Å². The molecular weight excluding hydrogens is 500 g/mol. The molecule has 1 unspecified atom stereocenters. The van der Waals surface area contributed by atoms with Gasteiger partial charge >= 0.3 is 0 Å². The summed E-state index contributed by atoms with van der Waals surface area (Å²) < 4.78 is 22.8. The van der Waals surface area contributed by atoms with E-state index in [2.05, 4.69) is 88.0 Å². The number of nitrogens with zero attached hydrogens (tertiary/aromatic N) is 2. The highest BCUT2D eigenvalue weighted by molar-refractivity contribution is 5.73. The molecule has 4 rings (SSSR count). The molecular formula is C34H48N2O4. The van der Waals surface area contributed by atoms with Crippen molar-refractivity contribution in [1.82, 2.24) is 5.16 Å². The van der Waals surface area contributed by atoms with E-state index in [0.717, 1.165) is 63.4 Å². The second-order valence-electron chi connectivity index (χ2n) is 11.4. The van der Waals surface area contributed by atoms with Crippen molar-refractivity contribution in [1.29, 1.82) is 0 Å². The Morgan fingerprint density at radius 1 is 0.900 bits per heavy atom. The van der Waals surface area contributed by atoms with Gasteiger partial charge in [0, 0.05) is 43.5 Å². The first-order valence-electron chi connectivity index (χ1n) is 15.2. The molecule has 1 fully saturated rings. The van der Waals surface area contributed by atoms with Crippen molar-refractivity contribution in [3.8, 4) is 22.8 Å². The van der Waals surface area contributed by atoms with E-state index in [0.29, 0.717) is 37.0 Å². The van der Waals surface area contributed by atoms with Crippen molar-refractivity contribution in [3.63, 3.8) is 0 Å². The number of rotatable bonds is 14. The summed E-state index contributed by atoms with van der Waals surface area (Å²) in [5.41, 5.74) is 6.52. The van der Waals surface area contributed by atoms with Crippen LogP contribution in [0.15, 0.2) is 47.0 Å². The van der Waals surface area contributed by atoms with Crippen molar-refractivity contribution >= 4 is 5.69 Å². The summed E-state index contributed by atoms with van der Waals surface area (Å²) in [6.45, 7) is 17.3. The number of aryl methyl sites for hydroxylation is 1. The van der Waals surface area contributed by atoms with Crippen molar-refractivity contribution in [3.05, 3.63) is 59.4 Å². The second-order valence-corrected chi connectivity index (χ2v) is 11.4. The van der Waals surface area contributed by atoms with E-state index in [1.807, 2.05) is 6.07 Å². The number of ether oxygens (including phenoxy) is 3. The van der Waals surface area contributed by atoms with Crippen LogP contribution in [0.4, 0.5) is 5.69 Å². The van der Waals surface area contributed by atoms with Gasteiger partial charge in [0.05, 0.1) is 13.2 Å². The summed E-state index contributed by atoms with van der Waals surface area (Å²) in [5.74, 6) is 3.23. The minimum Gasteiger partial charge on any atom is -0.494 e. The topological polar surface area (TPSA) is 57.0 Å². The fraction of sp³-hybridized carbons (Fsp3) is 0.559. The van der Waals surface area contributed by atoms with Gasteiger partial charge < -0.3 is 23.6 Å². The first-order valence-corrected chi connectivity index (χ1v) is 15.2. The molecule has 0 amide bonds. The third kappa shape index (κ3) is 7.81. The average Bonchev–Trinajstić information content (AvgIpc) is 3.44. The Hall–Kier alpha value is -2.99. The Morgan fingerprint density at radius 2 is 1.60 bits per heavy atom. The zero-order valence-electron chi connectivity index (χ0n) is 25.4. The van der Waals surface area contributed by atoms with Crippen LogP contribution in [0.3, 0.4) is 0 Å². The van der Waals surface area contributed by atoms with E-state index in [4.69, 9.17) is 18.7 Å². The molecule has 6 heteroatoms. The maximum Gasteiger partial charge on any atom is 0.254 e. The Labute approximate surface area is 241 Å². The molecule has 0 N–H and O–H groups in total. The lowest BCUT2D eigenvalue weighted by molar-refractivity contribution is 0.0846. The number of benzene rings is 2. The molecule has 2 aromatic carbocycles. The molecule has 1 aliphatic rings. The number of unbranched alkanes of at least 4 members (excludes halogenated alkanes) is 2. The third-order valence-electron chi connectivity index (χ3n) is 8.37. The first kappa shape index (κ1) is 30.0. The van der Waals surface area contributed by atoms with E-state index in [9.17, 15) is 0 Å². The van der Waals surface area contributed by atoms with Crippen LogP contribution in [0.2, 0.25) is 0 Å². The SMILES string of the molecule is CCN(c1cc(-c2ccc(OCCCCCOc3cc(C(C)C(C)C)on3)cc2)cc(C)c1C)C1CCOCC1. The number of aromatic nitrogens is 1. The number of hydrogen-bond donors (Lipinski definition) is 0. The summed E-state index contributed by atoms with van der Waals surface area (Å²) in [5, 5.41) is 4.04. The number of anilines is 1. The van der Waals surface area contributed by atoms with Gasteiger partial charge in [-0.05, 0) is 104 Å². The summed E-state index contributed by atoms with van der Waals surface area (Å²) in [4.78, 5) is 2.58. The molecule has 0 saturated carbocycles. The van der Waals surface area contributed by atoms with E-state index in [1.54, 1.807) is 0 Å². The minimum absolute atomic E-state index is 0.336. The second kappa shape index (κ2) is 14.6. The molecule has 0 radical (unpaired) electrons. The van der Waals surface area contributed by atoms with Crippen LogP contribution < -0.4 is 14.4 Å². The summed E-state index contributed by atoms with van der Waals surface area (Å²) in [6.07, 6.45) is 5.17. The molecule has 6 nitrogen and oxygen atoms in total. The highest BCUT2D eigenvalue weighted by Crippen LogP contribution is 2.34. The maximum atomic E-state index is 6.03. The highest BCUT2D eigenvalue weighted by atomic mass is 16.5. The van der Waals surface area contributed by atoms with Crippen LogP contribution in [0.5, 0.6) is 11.6 Å². The van der Waals surface area contributed by atoms with Crippen LogP contribution in [-0.4, -0.2) is 44.2 Å². The largest absolute Gasteiger partial charge is 0.494 e. The Bertz CT molecular complexity index is 1180. The zero-order chi connectivity index (χ0) is 28.5.